The van der Waals surface area contributed by atoms with Gasteiger partial charge in [-0.25, -0.2) is 8.42 Å². The molecular formula is C24H23F3N2O3S. The summed E-state index contributed by atoms with van der Waals surface area (Å²) in [7, 11) is -4.14. The number of hydrogen-bond donors (Lipinski definition) is 1. The molecule has 0 atom stereocenters. The Morgan fingerprint density at radius 1 is 0.909 bits per heavy atom. The Kier molecular flexibility index (Phi) is 6.83. The van der Waals surface area contributed by atoms with E-state index < -0.39 is 34.2 Å². The van der Waals surface area contributed by atoms with Crippen LogP contribution >= 0.6 is 0 Å². The Labute approximate surface area is 190 Å². The zero-order chi connectivity index (χ0) is 24.4. The van der Waals surface area contributed by atoms with Crippen molar-refractivity contribution in [2.75, 3.05) is 16.2 Å². The van der Waals surface area contributed by atoms with Crippen LogP contribution in [0.3, 0.4) is 0 Å². The van der Waals surface area contributed by atoms with E-state index in [4.69, 9.17) is 0 Å². The maximum atomic E-state index is 13.5. The number of anilines is 2. The van der Waals surface area contributed by atoms with E-state index >= 15 is 0 Å². The number of halogens is 3. The van der Waals surface area contributed by atoms with Gasteiger partial charge in [-0.1, -0.05) is 35.9 Å². The number of hydrogen-bond acceptors (Lipinski definition) is 3. The van der Waals surface area contributed by atoms with Gasteiger partial charge in [0, 0.05) is 5.69 Å². The minimum atomic E-state index is -4.57. The Morgan fingerprint density at radius 2 is 1.55 bits per heavy atom. The third kappa shape index (κ3) is 5.73. The number of sulfonamides is 1. The monoisotopic (exact) mass is 476 g/mol. The summed E-state index contributed by atoms with van der Waals surface area (Å²) >= 11 is 0. The first kappa shape index (κ1) is 24.3. The summed E-state index contributed by atoms with van der Waals surface area (Å²) in [5.74, 6) is -0.772. The van der Waals surface area contributed by atoms with Crippen LogP contribution in [0.1, 0.15) is 22.3 Å². The van der Waals surface area contributed by atoms with Gasteiger partial charge in [-0.2, -0.15) is 13.2 Å². The second-order valence-electron chi connectivity index (χ2n) is 7.74. The number of amides is 1. The van der Waals surface area contributed by atoms with Crippen molar-refractivity contribution in [2.45, 2.75) is 31.8 Å². The third-order valence-electron chi connectivity index (χ3n) is 5.00. The lowest BCUT2D eigenvalue weighted by atomic mass is 10.1. The van der Waals surface area contributed by atoms with E-state index in [-0.39, 0.29) is 10.6 Å². The second kappa shape index (κ2) is 9.27. The van der Waals surface area contributed by atoms with Gasteiger partial charge in [-0.15, -0.1) is 0 Å². The normalized spacial score (nSPS) is 11.8. The highest BCUT2D eigenvalue weighted by atomic mass is 32.2. The van der Waals surface area contributed by atoms with Crippen molar-refractivity contribution in [1.29, 1.82) is 0 Å². The van der Waals surface area contributed by atoms with E-state index in [1.807, 2.05) is 13.0 Å². The highest BCUT2D eigenvalue weighted by Gasteiger charge is 2.31. The van der Waals surface area contributed by atoms with Gasteiger partial charge in [-0.3, -0.25) is 9.10 Å². The molecule has 0 aliphatic heterocycles. The van der Waals surface area contributed by atoms with E-state index in [2.05, 4.69) is 5.32 Å². The van der Waals surface area contributed by atoms with E-state index in [9.17, 15) is 26.4 Å². The molecule has 174 valence electrons. The lowest BCUT2D eigenvalue weighted by molar-refractivity contribution is -0.137. The summed E-state index contributed by atoms with van der Waals surface area (Å²) in [6.07, 6.45) is -4.57. The van der Waals surface area contributed by atoms with Crippen LogP contribution in [0.4, 0.5) is 24.5 Å². The highest BCUT2D eigenvalue weighted by molar-refractivity contribution is 7.92. The summed E-state index contributed by atoms with van der Waals surface area (Å²) in [6.45, 7) is 4.72. The van der Waals surface area contributed by atoms with Crippen molar-refractivity contribution >= 4 is 27.3 Å². The molecule has 3 aromatic rings. The summed E-state index contributed by atoms with van der Waals surface area (Å²) < 4.78 is 66.9. The molecule has 0 fully saturated rings. The molecule has 0 aromatic heterocycles. The van der Waals surface area contributed by atoms with Crippen LogP contribution in [-0.4, -0.2) is 20.9 Å². The first-order valence-corrected chi connectivity index (χ1v) is 11.5. The van der Waals surface area contributed by atoms with E-state index in [0.717, 1.165) is 27.6 Å². The van der Waals surface area contributed by atoms with Crippen molar-refractivity contribution in [3.05, 3.63) is 89.0 Å². The van der Waals surface area contributed by atoms with Crippen molar-refractivity contribution < 1.29 is 26.4 Å². The minimum Gasteiger partial charge on any atom is -0.325 e. The van der Waals surface area contributed by atoms with E-state index in [1.165, 1.54) is 24.3 Å². The molecule has 1 amide bonds. The molecule has 0 radical (unpaired) electrons. The number of alkyl halides is 3. The first-order chi connectivity index (χ1) is 15.4. The SMILES string of the molecule is Cc1ccc(S(=O)(=O)N(CC(=O)Nc2cccc(C(F)(F)F)c2)c2cc(C)ccc2C)cc1. The molecule has 0 saturated carbocycles. The van der Waals surface area contributed by atoms with Crippen LogP contribution < -0.4 is 9.62 Å². The molecule has 0 heterocycles. The lowest BCUT2D eigenvalue weighted by Crippen LogP contribution is -2.38. The lowest BCUT2D eigenvalue weighted by Gasteiger charge is -2.26. The molecule has 3 aromatic carbocycles. The maximum Gasteiger partial charge on any atom is 0.416 e. The summed E-state index contributed by atoms with van der Waals surface area (Å²) in [6, 6.07) is 15.6. The molecule has 33 heavy (non-hydrogen) atoms. The molecule has 0 unspecified atom stereocenters. The summed E-state index contributed by atoms with van der Waals surface area (Å²) in [5, 5.41) is 2.38. The summed E-state index contributed by atoms with van der Waals surface area (Å²) in [5.41, 5.74) is 1.60. The average molecular weight is 477 g/mol. The molecule has 1 N–H and O–H groups in total. The fraction of sp³-hybridized carbons (Fsp3) is 0.208. The van der Waals surface area contributed by atoms with Crippen LogP contribution in [-0.2, 0) is 21.0 Å². The number of benzene rings is 3. The van der Waals surface area contributed by atoms with Crippen molar-refractivity contribution in [3.63, 3.8) is 0 Å². The van der Waals surface area contributed by atoms with Gasteiger partial charge in [0.15, 0.2) is 0 Å². The van der Waals surface area contributed by atoms with Crippen molar-refractivity contribution in [3.8, 4) is 0 Å². The predicted molar refractivity (Wildman–Crippen MR) is 122 cm³/mol. The molecule has 0 spiro atoms. The van der Waals surface area contributed by atoms with Gasteiger partial charge in [0.05, 0.1) is 16.1 Å². The van der Waals surface area contributed by atoms with Gasteiger partial charge < -0.3 is 5.32 Å². The predicted octanol–water partition coefficient (Wildman–Crippen LogP) is 5.46. The fourth-order valence-electron chi connectivity index (χ4n) is 3.23. The van der Waals surface area contributed by atoms with Gasteiger partial charge in [-0.05, 0) is 68.3 Å². The van der Waals surface area contributed by atoms with E-state index in [1.54, 1.807) is 38.1 Å². The van der Waals surface area contributed by atoms with E-state index in [0.29, 0.717) is 11.3 Å². The van der Waals surface area contributed by atoms with Crippen molar-refractivity contribution in [1.82, 2.24) is 0 Å². The fourth-order valence-corrected chi connectivity index (χ4v) is 4.71. The molecule has 0 aliphatic carbocycles. The maximum absolute atomic E-state index is 13.5. The number of carbonyl (C=O) groups excluding carboxylic acids is 1. The number of nitrogens with one attached hydrogen (secondary N) is 1. The van der Waals surface area contributed by atoms with Gasteiger partial charge in [0.2, 0.25) is 5.91 Å². The van der Waals surface area contributed by atoms with Crippen LogP contribution in [0.2, 0.25) is 0 Å². The molecule has 0 bridgehead atoms. The molecule has 9 heteroatoms. The number of aryl methyl sites for hydroxylation is 3. The molecule has 3 rings (SSSR count). The quantitative estimate of drug-likeness (QED) is 0.514. The van der Waals surface area contributed by atoms with Gasteiger partial charge in [0.25, 0.3) is 10.0 Å². The average Bonchev–Trinajstić information content (AvgIpc) is 2.74. The van der Waals surface area contributed by atoms with Crippen LogP contribution in [0.5, 0.6) is 0 Å². The molecular weight excluding hydrogens is 453 g/mol. The first-order valence-electron chi connectivity index (χ1n) is 10.0. The van der Waals surface area contributed by atoms with Crippen LogP contribution in [0.15, 0.2) is 71.6 Å². The third-order valence-corrected chi connectivity index (χ3v) is 6.78. The zero-order valence-corrected chi connectivity index (χ0v) is 19.1. The van der Waals surface area contributed by atoms with Crippen molar-refractivity contribution in [2.24, 2.45) is 0 Å². The largest absolute Gasteiger partial charge is 0.416 e. The topological polar surface area (TPSA) is 66.5 Å². The highest BCUT2D eigenvalue weighted by Crippen LogP contribution is 2.31. The standard InChI is InChI=1S/C24H23F3N2O3S/c1-16-8-11-21(12-9-16)33(31,32)29(22-13-17(2)7-10-18(22)3)15-23(30)28-20-6-4-5-19(14-20)24(25,26)27/h4-14H,15H2,1-3H3,(H,28,30). The zero-order valence-electron chi connectivity index (χ0n) is 18.3. The molecule has 0 aliphatic rings. The smallest absolute Gasteiger partial charge is 0.325 e. The minimum absolute atomic E-state index is 0.000810. The molecule has 5 nitrogen and oxygen atoms in total. The second-order valence-corrected chi connectivity index (χ2v) is 9.60. The summed E-state index contributed by atoms with van der Waals surface area (Å²) in [4.78, 5) is 12.8. The van der Waals surface area contributed by atoms with Gasteiger partial charge in [0.1, 0.15) is 6.54 Å². The van der Waals surface area contributed by atoms with Gasteiger partial charge >= 0.3 is 6.18 Å². The Hall–Kier alpha value is -3.33. The number of carbonyl (C=O) groups is 1. The van der Waals surface area contributed by atoms with Crippen LogP contribution in [0.25, 0.3) is 0 Å². The molecule has 0 saturated heterocycles. The number of rotatable bonds is 6. The number of nitrogens with zero attached hydrogens (tertiary/aromatic N) is 1. The Bertz CT molecular complexity index is 1270. The Morgan fingerprint density at radius 3 is 2.18 bits per heavy atom. The Balaban J connectivity index is 1.98. The van der Waals surface area contributed by atoms with Crippen LogP contribution in [0, 0.1) is 20.8 Å².